The van der Waals surface area contributed by atoms with E-state index >= 15 is 0 Å². The second-order valence-electron chi connectivity index (χ2n) is 7.81. The maximum absolute atomic E-state index is 12.6. The van der Waals surface area contributed by atoms with Crippen molar-refractivity contribution < 1.29 is 19.1 Å². The summed E-state index contributed by atoms with van der Waals surface area (Å²) in [5, 5.41) is 2.51. The average Bonchev–Trinajstić information content (AvgIpc) is 2.80. The molecule has 0 radical (unpaired) electrons. The van der Waals surface area contributed by atoms with Crippen molar-refractivity contribution in [3.05, 3.63) is 59.2 Å². The number of carbonyl (C=O) groups excluding carboxylic acids is 2. The Balaban J connectivity index is 1.82. The smallest absolute Gasteiger partial charge is 0.279 e. The minimum Gasteiger partial charge on any atom is -0.493 e. The van der Waals surface area contributed by atoms with Gasteiger partial charge < -0.3 is 9.47 Å². The maximum Gasteiger partial charge on any atom is 0.279 e. The standard InChI is InChI=1S/C25H33N3O4S/c1-5-6-7-10-15-31-22-12-9-8-11-21(22)24(30)26-25(33)28-27-23(29)19(4)32-20-14-13-17(2)18(3)16-20/h8-9,11-14,16,19H,5-7,10,15H2,1-4H3,(H,27,29)(H2,26,28,30,33). The number of para-hydroxylation sites is 1. The zero-order chi connectivity index (χ0) is 24.2. The molecule has 2 aromatic carbocycles. The molecule has 0 fully saturated rings. The molecule has 0 heterocycles. The van der Waals surface area contributed by atoms with E-state index in [2.05, 4.69) is 23.1 Å². The van der Waals surface area contributed by atoms with Gasteiger partial charge in [-0.2, -0.15) is 0 Å². The number of thiocarbonyl (C=S) groups is 1. The van der Waals surface area contributed by atoms with E-state index in [1.165, 1.54) is 0 Å². The molecule has 7 nitrogen and oxygen atoms in total. The van der Waals surface area contributed by atoms with Crippen LogP contribution in [0.15, 0.2) is 42.5 Å². The van der Waals surface area contributed by atoms with Crippen LogP contribution in [0.2, 0.25) is 0 Å². The van der Waals surface area contributed by atoms with E-state index in [4.69, 9.17) is 21.7 Å². The number of aryl methyl sites for hydroxylation is 2. The van der Waals surface area contributed by atoms with Crippen LogP contribution in [0.5, 0.6) is 11.5 Å². The minimum atomic E-state index is -0.764. The summed E-state index contributed by atoms with van der Waals surface area (Å²) in [7, 11) is 0. The third-order valence-corrected chi connectivity index (χ3v) is 5.28. The fourth-order valence-electron chi connectivity index (χ4n) is 2.96. The van der Waals surface area contributed by atoms with Crippen molar-refractivity contribution in [3.63, 3.8) is 0 Å². The molecule has 0 aliphatic heterocycles. The van der Waals surface area contributed by atoms with Gasteiger partial charge in [0.15, 0.2) is 11.2 Å². The number of carbonyl (C=O) groups is 2. The SMILES string of the molecule is CCCCCCOc1ccccc1C(=O)NC(=S)NNC(=O)C(C)Oc1ccc(C)c(C)c1. The van der Waals surface area contributed by atoms with E-state index in [1.807, 2.05) is 38.1 Å². The quantitative estimate of drug-likeness (QED) is 0.271. The van der Waals surface area contributed by atoms with Gasteiger partial charge in [0.1, 0.15) is 11.5 Å². The Hall–Kier alpha value is -3.13. The number of unbranched alkanes of at least 4 members (excludes halogenated alkanes) is 3. The first-order valence-corrected chi connectivity index (χ1v) is 11.6. The molecule has 0 saturated heterocycles. The summed E-state index contributed by atoms with van der Waals surface area (Å²) in [5.41, 5.74) is 7.58. The second-order valence-corrected chi connectivity index (χ2v) is 8.22. The predicted octanol–water partition coefficient (Wildman–Crippen LogP) is 4.37. The topological polar surface area (TPSA) is 88.7 Å². The van der Waals surface area contributed by atoms with Gasteiger partial charge in [-0.1, -0.05) is 44.4 Å². The molecule has 2 rings (SSSR count). The van der Waals surface area contributed by atoms with Gasteiger partial charge >= 0.3 is 0 Å². The first-order valence-electron chi connectivity index (χ1n) is 11.2. The van der Waals surface area contributed by atoms with Gasteiger partial charge in [-0.25, -0.2) is 0 Å². The largest absolute Gasteiger partial charge is 0.493 e. The summed E-state index contributed by atoms with van der Waals surface area (Å²) in [6.07, 6.45) is 3.56. The zero-order valence-electron chi connectivity index (χ0n) is 19.7. The van der Waals surface area contributed by atoms with Crippen LogP contribution in [0.25, 0.3) is 0 Å². The van der Waals surface area contributed by atoms with E-state index < -0.39 is 17.9 Å². The highest BCUT2D eigenvalue weighted by Gasteiger charge is 2.17. The summed E-state index contributed by atoms with van der Waals surface area (Å²) >= 11 is 5.14. The van der Waals surface area contributed by atoms with Gasteiger partial charge in [0.25, 0.3) is 11.8 Å². The lowest BCUT2D eigenvalue weighted by Crippen LogP contribution is -2.51. The number of ether oxygens (including phenoxy) is 2. The molecule has 0 bridgehead atoms. The van der Waals surface area contributed by atoms with Crippen molar-refractivity contribution in [2.75, 3.05) is 6.61 Å². The molecule has 0 aromatic heterocycles. The van der Waals surface area contributed by atoms with Gasteiger partial charge in [-0.15, -0.1) is 0 Å². The average molecular weight is 472 g/mol. The highest BCUT2D eigenvalue weighted by molar-refractivity contribution is 7.80. The fourth-order valence-corrected chi connectivity index (χ4v) is 3.10. The molecule has 0 saturated carbocycles. The third kappa shape index (κ3) is 8.73. The van der Waals surface area contributed by atoms with Crippen LogP contribution in [-0.2, 0) is 4.79 Å². The van der Waals surface area contributed by atoms with Crippen molar-refractivity contribution in [2.45, 2.75) is 59.5 Å². The Morgan fingerprint density at radius 1 is 1.00 bits per heavy atom. The molecule has 0 spiro atoms. The van der Waals surface area contributed by atoms with Crippen LogP contribution >= 0.6 is 12.2 Å². The third-order valence-electron chi connectivity index (χ3n) is 5.07. The molecule has 33 heavy (non-hydrogen) atoms. The molecule has 2 amide bonds. The number of hydrazine groups is 1. The van der Waals surface area contributed by atoms with Gasteiger partial charge in [0.05, 0.1) is 12.2 Å². The zero-order valence-corrected chi connectivity index (χ0v) is 20.5. The lowest BCUT2D eigenvalue weighted by atomic mass is 10.1. The summed E-state index contributed by atoms with van der Waals surface area (Å²) in [6, 6.07) is 12.6. The lowest BCUT2D eigenvalue weighted by molar-refractivity contribution is -0.127. The molecule has 1 unspecified atom stereocenters. The number of benzene rings is 2. The second kappa shape index (κ2) is 13.4. The molecule has 2 aromatic rings. The highest BCUT2D eigenvalue weighted by Crippen LogP contribution is 2.19. The van der Waals surface area contributed by atoms with Gasteiger partial charge in [-0.05, 0) is 74.8 Å². The first-order chi connectivity index (χ1) is 15.8. The molecule has 8 heteroatoms. The van der Waals surface area contributed by atoms with E-state index in [0.717, 1.165) is 36.8 Å². The number of hydrogen-bond donors (Lipinski definition) is 3. The van der Waals surface area contributed by atoms with E-state index in [-0.39, 0.29) is 5.11 Å². The van der Waals surface area contributed by atoms with Crippen LogP contribution in [0, 0.1) is 13.8 Å². The van der Waals surface area contributed by atoms with Crippen molar-refractivity contribution in [2.24, 2.45) is 0 Å². The van der Waals surface area contributed by atoms with E-state index in [0.29, 0.717) is 23.7 Å². The highest BCUT2D eigenvalue weighted by atomic mass is 32.1. The van der Waals surface area contributed by atoms with Crippen LogP contribution < -0.4 is 25.6 Å². The van der Waals surface area contributed by atoms with Gasteiger partial charge in [0.2, 0.25) is 0 Å². The Bertz CT molecular complexity index is 964. The van der Waals surface area contributed by atoms with E-state index in [1.54, 1.807) is 25.1 Å². The minimum absolute atomic E-state index is 0.0375. The molecular formula is C25H33N3O4S. The number of rotatable bonds is 10. The fraction of sp³-hybridized carbons (Fsp3) is 0.400. The molecule has 0 aliphatic rings. The Labute approximate surface area is 201 Å². The van der Waals surface area contributed by atoms with Crippen LogP contribution in [-0.4, -0.2) is 29.6 Å². The number of nitrogens with one attached hydrogen (secondary N) is 3. The summed E-state index contributed by atoms with van der Waals surface area (Å²) < 4.78 is 11.5. The van der Waals surface area contributed by atoms with Crippen LogP contribution in [0.1, 0.15) is 61.0 Å². The monoisotopic (exact) mass is 471 g/mol. The first kappa shape index (κ1) is 26.1. The molecule has 0 aliphatic carbocycles. The van der Waals surface area contributed by atoms with Gasteiger partial charge in [-0.3, -0.25) is 25.8 Å². The molecular weight excluding hydrogens is 438 g/mol. The normalized spacial score (nSPS) is 11.3. The summed E-state index contributed by atoms with van der Waals surface area (Å²) in [5.74, 6) is 0.239. The van der Waals surface area contributed by atoms with Crippen molar-refractivity contribution >= 4 is 29.1 Å². The summed E-state index contributed by atoms with van der Waals surface area (Å²) in [4.78, 5) is 25.0. The van der Waals surface area contributed by atoms with Crippen molar-refractivity contribution in [1.29, 1.82) is 0 Å². The lowest BCUT2D eigenvalue weighted by Gasteiger charge is -2.17. The van der Waals surface area contributed by atoms with Crippen LogP contribution in [0.3, 0.4) is 0 Å². The molecule has 178 valence electrons. The maximum atomic E-state index is 12.6. The Morgan fingerprint density at radius 2 is 1.76 bits per heavy atom. The number of hydrogen-bond acceptors (Lipinski definition) is 5. The Kier molecular flexibility index (Phi) is 10.6. The van der Waals surface area contributed by atoms with Crippen molar-refractivity contribution in [1.82, 2.24) is 16.2 Å². The van der Waals surface area contributed by atoms with Crippen LogP contribution in [0.4, 0.5) is 0 Å². The molecule has 1 atom stereocenters. The summed E-state index contributed by atoms with van der Waals surface area (Å²) in [6.45, 7) is 8.31. The number of amides is 2. The predicted molar refractivity (Wildman–Crippen MR) is 133 cm³/mol. The van der Waals surface area contributed by atoms with E-state index in [9.17, 15) is 9.59 Å². The Morgan fingerprint density at radius 3 is 2.48 bits per heavy atom. The van der Waals surface area contributed by atoms with Gasteiger partial charge in [0, 0.05) is 0 Å². The molecule has 3 N–H and O–H groups in total. The van der Waals surface area contributed by atoms with Crippen molar-refractivity contribution in [3.8, 4) is 11.5 Å².